The number of cyclic esters (lactones) is 1. The van der Waals surface area contributed by atoms with E-state index in [1.54, 1.807) is 38.6 Å². The van der Waals surface area contributed by atoms with Gasteiger partial charge in [-0.1, -0.05) is 30.3 Å². The van der Waals surface area contributed by atoms with Crippen molar-refractivity contribution in [1.82, 2.24) is 4.90 Å². The van der Waals surface area contributed by atoms with E-state index >= 15 is 0 Å². The number of esters is 1. The van der Waals surface area contributed by atoms with Gasteiger partial charge in [0, 0.05) is 12.3 Å². The smallest absolute Gasteiger partial charge is 0.414 e. The fraction of sp³-hybridized carbons (Fsp3) is 0.217. The molecule has 7 heteroatoms. The van der Waals surface area contributed by atoms with Crippen molar-refractivity contribution in [1.29, 1.82) is 0 Å². The summed E-state index contributed by atoms with van der Waals surface area (Å²) < 4.78 is 21.7. The molecule has 2 aromatic carbocycles. The minimum absolute atomic E-state index is 0.135. The normalized spacial score (nSPS) is 19.3. The highest BCUT2D eigenvalue weighted by atomic mass is 16.6. The molecule has 2 aromatic rings. The van der Waals surface area contributed by atoms with E-state index < -0.39 is 24.2 Å². The Kier molecular flexibility index (Phi) is 5.43. The van der Waals surface area contributed by atoms with Gasteiger partial charge in [0.05, 0.1) is 14.2 Å². The Hall–Kier alpha value is -3.74. The zero-order chi connectivity index (χ0) is 21.1. The Bertz CT molecular complexity index is 1010. The van der Waals surface area contributed by atoms with Crippen LogP contribution in [-0.2, 0) is 20.9 Å². The number of fused-ring (bicyclic) bond motifs is 1. The zero-order valence-electron chi connectivity index (χ0n) is 16.6. The molecule has 0 aliphatic carbocycles. The van der Waals surface area contributed by atoms with Crippen LogP contribution >= 0.6 is 0 Å². The lowest BCUT2D eigenvalue weighted by Crippen LogP contribution is -2.39. The number of methoxy groups -OCH3 is 2. The summed E-state index contributed by atoms with van der Waals surface area (Å²) in [4.78, 5) is 26.1. The predicted molar refractivity (Wildman–Crippen MR) is 109 cm³/mol. The van der Waals surface area contributed by atoms with Crippen molar-refractivity contribution in [2.45, 2.75) is 18.8 Å². The highest BCUT2D eigenvalue weighted by Crippen LogP contribution is 2.41. The van der Waals surface area contributed by atoms with Gasteiger partial charge in [-0.3, -0.25) is 4.90 Å². The van der Waals surface area contributed by atoms with Crippen LogP contribution in [0, 0.1) is 0 Å². The van der Waals surface area contributed by atoms with Crippen LogP contribution in [0.4, 0.5) is 4.79 Å². The Morgan fingerprint density at radius 2 is 1.80 bits per heavy atom. The summed E-state index contributed by atoms with van der Waals surface area (Å²) in [6.45, 7) is 0.135. The van der Waals surface area contributed by atoms with Gasteiger partial charge in [-0.25, -0.2) is 9.59 Å². The first-order valence-electron chi connectivity index (χ1n) is 9.42. The molecule has 0 saturated carbocycles. The van der Waals surface area contributed by atoms with Crippen LogP contribution in [0.25, 0.3) is 6.08 Å². The second kappa shape index (κ2) is 8.32. The monoisotopic (exact) mass is 407 g/mol. The third-order valence-corrected chi connectivity index (χ3v) is 5.02. The van der Waals surface area contributed by atoms with E-state index in [0.717, 1.165) is 16.7 Å². The molecule has 0 fully saturated rings. The van der Waals surface area contributed by atoms with E-state index in [-0.39, 0.29) is 6.61 Å². The second-order valence-corrected chi connectivity index (χ2v) is 6.80. The van der Waals surface area contributed by atoms with Gasteiger partial charge >= 0.3 is 12.1 Å². The fourth-order valence-electron chi connectivity index (χ4n) is 3.57. The molecule has 2 aliphatic heterocycles. The van der Waals surface area contributed by atoms with Crippen LogP contribution in [0.15, 0.2) is 60.8 Å². The minimum atomic E-state index is -0.649. The van der Waals surface area contributed by atoms with E-state index in [0.29, 0.717) is 11.5 Å². The minimum Gasteiger partial charge on any atom is -0.493 e. The molecule has 0 radical (unpaired) electrons. The molecular weight excluding hydrogens is 386 g/mol. The maximum absolute atomic E-state index is 12.9. The van der Waals surface area contributed by atoms with Crippen molar-refractivity contribution in [3.63, 3.8) is 0 Å². The fourth-order valence-corrected chi connectivity index (χ4v) is 3.57. The summed E-state index contributed by atoms with van der Waals surface area (Å²) in [5.74, 6) is 0.635. The quantitative estimate of drug-likeness (QED) is 0.701. The number of hydrogen-bond donors (Lipinski definition) is 0. The van der Waals surface area contributed by atoms with Gasteiger partial charge in [-0.05, 0) is 41.0 Å². The number of carbonyl (C=O) groups excluding carboxylic acids is 2. The van der Waals surface area contributed by atoms with Crippen LogP contribution in [0.1, 0.15) is 22.7 Å². The molecular formula is C23H21NO6. The first kappa shape index (κ1) is 19.6. The maximum atomic E-state index is 12.9. The van der Waals surface area contributed by atoms with E-state index in [1.165, 1.54) is 11.0 Å². The molecule has 1 amide bonds. The number of carbonyl (C=O) groups is 2. The maximum Gasteiger partial charge on any atom is 0.414 e. The molecule has 0 unspecified atom stereocenters. The molecule has 0 N–H and O–H groups in total. The lowest BCUT2D eigenvalue weighted by molar-refractivity contribution is -0.140. The Morgan fingerprint density at radius 1 is 1.07 bits per heavy atom. The van der Waals surface area contributed by atoms with Crippen molar-refractivity contribution in [2.75, 3.05) is 14.2 Å². The van der Waals surface area contributed by atoms with E-state index in [1.807, 2.05) is 36.4 Å². The molecule has 0 spiro atoms. The third kappa shape index (κ3) is 3.74. The van der Waals surface area contributed by atoms with Gasteiger partial charge in [-0.15, -0.1) is 0 Å². The average molecular weight is 407 g/mol. The molecule has 2 heterocycles. The van der Waals surface area contributed by atoms with Gasteiger partial charge in [0.25, 0.3) is 0 Å². The van der Waals surface area contributed by atoms with E-state index in [9.17, 15) is 9.59 Å². The number of rotatable bonds is 5. The number of hydrogen-bond acceptors (Lipinski definition) is 6. The highest BCUT2D eigenvalue weighted by Gasteiger charge is 2.39. The van der Waals surface area contributed by atoms with Gasteiger partial charge < -0.3 is 18.9 Å². The molecule has 30 heavy (non-hydrogen) atoms. The van der Waals surface area contributed by atoms with Crippen LogP contribution in [-0.4, -0.2) is 37.3 Å². The predicted octanol–water partition coefficient (Wildman–Crippen LogP) is 3.85. The summed E-state index contributed by atoms with van der Waals surface area (Å²) >= 11 is 0. The summed E-state index contributed by atoms with van der Waals surface area (Å²) in [6.07, 6.45) is 5.23. The summed E-state index contributed by atoms with van der Waals surface area (Å²) in [7, 11) is 3.10. The Morgan fingerprint density at radius 3 is 2.47 bits per heavy atom. The van der Waals surface area contributed by atoms with Crippen LogP contribution in [0.3, 0.4) is 0 Å². The molecule has 2 aliphatic rings. The van der Waals surface area contributed by atoms with E-state index in [2.05, 4.69) is 0 Å². The standard InChI is InChI=1S/C23H21NO6/c1-27-19-12-16-10-11-24(23(26)29-14-15-6-4-3-5-7-15)22(17(16)13-20(19)28-2)18-8-9-21(25)30-18/h3-13,18,22H,14H2,1-2H3/t18-,22-/m1/s1. The first-order valence-corrected chi connectivity index (χ1v) is 9.42. The summed E-state index contributed by atoms with van der Waals surface area (Å²) in [6, 6.07) is 12.4. The molecule has 4 rings (SSSR count). The lowest BCUT2D eigenvalue weighted by atomic mass is 9.92. The van der Waals surface area contributed by atoms with E-state index in [4.69, 9.17) is 18.9 Å². The van der Waals surface area contributed by atoms with Crippen molar-refractivity contribution in [2.24, 2.45) is 0 Å². The van der Waals surface area contributed by atoms with Crippen LogP contribution in [0.2, 0.25) is 0 Å². The highest BCUT2D eigenvalue weighted by molar-refractivity contribution is 5.85. The van der Waals surface area contributed by atoms with Crippen LogP contribution < -0.4 is 9.47 Å². The number of amides is 1. The SMILES string of the molecule is COc1cc2c(cc1OC)[C@H]([C@H]1C=CC(=O)O1)N(C(=O)OCc1ccccc1)C=C2. The molecule has 0 saturated heterocycles. The molecule has 154 valence electrons. The Labute approximate surface area is 174 Å². The molecule has 7 nitrogen and oxygen atoms in total. The largest absolute Gasteiger partial charge is 0.493 e. The van der Waals surface area contributed by atoms with Gasteiger partial charge in [0.2, 0.25) is 0 Å². The lowest BCUT2D eigenvalue weighted by Gasteiger charge is -2.35. The summed E-state index contributed by atoms with van der Waals surface area (Å²) in [5, 5.41) is 0. The van der Waals surface area contributed by atoms with Crippen LogP contribution in [0.5, 0.6) is 11.5 Å². The molecule has 0 bridgehead atoms. The summed E-state index contributed by atoms with van der Waals surface area (Å²) in [5.41, 5.74) is 2.47. The third-order valence-electron chi connectivity index (χ3n) is 5.02. The van der Waals surface area contributed by atoms with Gasteiger partial charge in [0.15, 0.2) is 11.5 Å². The van der Waals surface area contributed by atoms with Crippen molar-refractivity contribution >= 4 is 18.1 Å². The topological polar surface area (TPSA) is 74.3 Å². The van der Waals surface area contributed by atoms with Crippen molar-refractivity contribution < 1.29 is 28.5 Å². The molecule has 0 aromatic heterocycles. The van der Waals surface area contributed by atoms with Gasteiger partial charge in [-0.2, -0.15) is 0 Å². The Balaban J connectivity index is 1.66. The second-order valence-electron chi connectivity index (χ2n) is 6.80. The zero-order valence-corrected chi connectivity index (χ0v) is 16.6. The number of benzene rings is 2. The van der Waals surface area contributed by atoms with Gasteiger partial charge in [0.1, 0.15) is 18.8 Å². The van der Waals surface area contributed by atoms with Crippen molar-refractivity contribution in [3.05, 3.63) is 77.5 Å². The number of nitrogens with zero attached hydrogens (tertiary/aromatic N) is 1. The first-order chi connectivity index (χ1) is 14.6. The molecule has 2 atom stereocenters. The van der Waals surface area contributed by atoms with Crippen molar-refractivity contribution in [3.8, 4) is 11.5 Å². The average Bonchev–Trinajstić information content (AvgIpc) is 3.22. The number of ether oxygens (including phenoxy) is 4.